The van der Waals surface area contributed by atoms with E-state index < -0.39 is 11.9 Å². The van der Waals surface area contributed by atoms with Gasteiger partial charge in [0.2, 0.25) is 11.8 Å². The zero-order chi connectivity index (χ0) is 20.8. The van der Waals surface area contributed by atoms with Crippen LogP contribution >= 0.6 is 0 Å². The van der Waals surface area contributed by atoms with Gasteiger partial charge in [0, 0.05) is 12.6 Å². The van der Waals surface area contributed by atoms with Crippen molar-refractivity contribution < 1.29 is 14.0 Å². The van der Waals surface area contributed by atoms with E-state index in [1.807, 2.05) is 31.2 Å². The van der Waals surface area contributed by atoms with Crippen LogP contribution in [0.1, 0.15) is 49.3 Å². The third kappa shape index (κ3) is 5.66. The largest absolute Gasteiger partial charge is 0.352 e. The van der Waals surface area contributed by atoms with Crippen molar-refractivity contribution in [1.29, 1.82) is 0 Å². The number of carbonyl (C=O) groups is 2. The van der Waals surface area contributed by atoms with Gasteiger partial charge in [-0.3, -0.25) is 9.59 Å². The summed E-state index contributed by atoms with van der Waals surface area (Å²) in [6, 6.07) is 13.7. The lowest BCUT2D eigenvalue weighted by atomic mass is 10.1. The lowest BCUT2D eigenvalue weighted by Crippen LogP contribution is -2.50. The number of rotatable bonds is 7. The SMILES string of the molecule is Cc1ccc(CN(C(=O)Cc2ccccc2F)[C@H](C)C(=O)NC2CCCC2)cc1. The van der Waals surface area contributed by atoms with E-state index in [2.05, 4.69) is 5.32 Å². The molecule has 1 saturated carbocycles. The molecule has 1 N–H and O–H groups in total. The number of nitrogens with zero attached hydrogens (tertiary/aromatic N) is 1. The summed E-state index contributed by atoms with van der Waals surface area (Å²) in [4.78, 5) is 27.5. The van der Waals surface area contributed by atoms with Crippen LogP contribution in [-0.4, -0.2) is 28.8 Å². The summed E-state index contributed by atoms with van der Waals surface area (Å²) in [5.41, 5.74) is 2.41. The third-order valence-electron chi connectivity index (χ3n) is 5.64. The van der Waals surface area contributed by atoms with Crippen molar-refractivity contribution in [1.82, 2.24) is 10.2 Å². The van der Waals surface area contributed by atoms with Crippen LogP contribution in [0.25, 0.3) is 0 Å². The maximum Gasteiger partial charge on any atom is 0.242 e. The molecule has 1 atom stereocenters. The summed E-state index contributed by atoms with van der Waals surface area (Å²) in [6.45, 7) is 4.06. The predicted molar refractivity (Wildman–Crippen MR) is 112 cm³/mol. The molecule has 2 aromatic carbocycles. The Morgan fingerprint density at radius 2 is 1.76 bits per heavy atom. The van der Waals surface area contributed by atoms with Crippen molar-refractivity contribution in [2.24, 2.45) is 0 Å². The first-order chi connectivity index (χ1) is 13.9. The number of amides is 2. The highest BCUT2D eigenvalue weighted by molar-refractivity contribution is 5.88. The molecule has 0 aromatic heterocycles. The third-order valence-corrected chi connectivity index (χ3v) is 5.64. The lowest BCUT2D eigenvalue weighted by molar-refractivity contribution is -0.140. The van der Waals surface area contributed by atoms with Gasteiger partial charge in [-0.25, -0.2) is 4.39 Å². The molecule has 1 fully saturated rings. The van der Waals surface area contributed by atoms with E-state index in [-0.39, 0.29) is 24.3 Å². The summed E-state index contributed by atoms with van der Waals surface area (Å²) >= 11 is 0. The van der Waals surface area contributed by atoms with Crippen molar-refractivity contribution in [3.05, 3.63) is 71.0 Å². The number of hydrogen-bond acceptors (Lipinski definition) is 2. The molecule has 0 bridgehead atoms. The zero-order valence-corrected chi connectivity index (χ0v) is 17.2. The fraction of sp³-hybridized carbons (Fsp3) is 0.417. The molecule has 0 heterocycles. The van der Waals surface area contributed by atoms with Crippen LogP contribution in [0.3, 0.4) is 0 Å². The molecule has 0 radical (unpaired) electrons. The van der Waals surface area contributed by atoms with Crippen molar-refractivity contribution in [2.45, 2.75) is 64.6 Å². The molecule has 0 saturated heterocycles. The highest BCUT2D eigenvalue weighted by Crippen LogP contribution is 2.19. The van der Waals surface area contributed by atoms with E-state index in [4.69, 9.17) is 0 Å². The lowest BCUT2D eigenvalue weighted by Gasteiger charge is -2.30. The van der Waals surface area contributed by atoms with Gasteiger partial charge in [0.05, 0.1) is 6.42 Å². The minimum Gasteiger partial charge on any atom is -0.352 e. The molecule has 29 heavy (non-hydrogen) atoms. The van der Waals surface area contributed by atoms with Gasteiger partial charge in [0.25, 0.3) is 0 Å². The molecule has 5 heteroatoms. The first kappa shape index (κ1) is 21.0. The van der Waals surface area contributed by atoms with Crippen molar-refractivity contribution in [2.75, 3.05) is 0 Å². The first-order valence-corrected chi connectivity index (χ1v) is 10.3. The number of carbonyl (C=O) groups excluding carboxylic acids is 2. The second-order valence-corrected chi connectivity index (χ2v) is 7.94. The molecule has 2 amide bonds. The van der Waals surface area contributed by atoms with Crippen molar-refractivity contribution >= 4 is 11.8 Å². The molecular formula is C24H29FN2O2. The van der Waals surface area contributed by atoms with Gasteiger partial charge < -0.3 is 10.2 Å². The van der Waals surface area contributed by atoms with E-state index in [0.29, 0.717) is 12.1 Å². The Kier molecular flexibility index (Phi) is 7.02. The second kappa shape index (κ2) is 9.68. The predicted octanol–water partition coefficient (Wildman–Crippen LogP) is 4.15. The van der Waals surface area contributed by atoms with Crippen LogP contribution in [0.5, 0.6) is 0 Å². The van der Waals surface area contributed by atoms with Gasteiger partial charge in [-0.1, -0.05) is 60.9 Å². The van der Waals surface area contributed by atoms with Gasteiger partial charge in [-0.05, 0) is 43.9 Å². The van der Waals surface area contributed by atoms with Gasteiger partial charge in [-0.2, -0.15) is 0 Å². The Bertz CT molecular complexity index is 844. The standard InChI is InChI=1S/C24H29FN2O2/c1-17-11-13-19(14-12-17)16-27(18(2)24(29)26-21-8-4-5-9-21)23(28)15-20-7-3-6-10-22(20)25/h3,6-7,10-14,18,21H,4-5,8-9,15-16H2,1-2H3,(H,26,29)/t18-/m1/s1. The zero-order valence-electron chi connectivity index (χ0n) is 17.2. The Morgan fingerprint density at radius 3 is 2.41 bits per heavy atom. The summed E-state index contributed by atoms with van der Waals surface area (Å²) in [5, 5.41) is 3.08. The number of benzene rings is 2. The summed E-state index contributed by atoms with van der Waals surface area (Å²) in [5.74, 6) is -0.810. The maximum absolute atomic E-state index is 14.1. The second-order valence-electron chi connectivity index (χ2n) is 7.94. The molecular weight excluding hydrogens is 367 g/mol. The van der Waals surface area contributed by atoms with Gasteiger partial charge in [-0.15, -0.1) is 0 Å². The van der Waals surface area contributed by atoms with Gasteiger partial charge >= 0.3 is 0 Å². The fourth-order valence-electron chi connectivity index (χ4n) is 3.77. The molecule has 4 nitrogen and oxygen atoms in total. The fourth-order valence-corrected chi connectivity index (χ4v) is 3.77. The average molecular weight is 397 g/mol. The van der Waals surface area contributed by atoms with E-state index >= 15 is 0 Å². The number of halogens is 1. The topological polar surface area (TPSA) is 49.4 Å². The quantitative estimate of drug-likeness (QED) is 0.764. The van der Waals surface area contributed by atoms with E-state index in [9.17, 15) is 14.0 Å². The van der Waals surface area contributed by atoms with E-state index in [1.54, 1.807) is 30.0 Å². The first-order valence-electron chi connectivity index (χ1n) is 10.3. The molecule has 154 valence electrons. The number of nitrogens with one attached hydrogen (secondary N) is 1. The highest BCUT2D eigenvalue weighted by atomic mass is 19.1. The Hall–Kier alpha value is -2.69. The molecule has 0 spiro atoms. The van der Waals surface area contributed by atoms with E-state index in [0.717, 1.165) is 36.8 Å². The van der Waals surface area contributed by atoms with Crippen LogP contribution in [-0.2, 0) is 22.6 Å². The summed E-state index contributed by atoms with van der Waals surface area (Å²) in [6.07, 6.45) is 4.15. The molecule has 1 aliphatic carbocycles. The Balaban J connectivity index is 1.77. The summed E-state index contributed by atoms with van der Waals surface area (Å²) in [7, 11) is 0. The van der Waals surface area contributed by atoms with Crippen LogP contribution in [0, 0.1) is 12.7 Å². The minimum atomic E-state index is -0.629. The maximum atomic E-state index is 14.1. The smallest absolute Gasteiger partial charge is 0.242 e. The van der Waals surface area contributed by atoms with Crippen molar-refractivity contribution in [3.8, 4) is 0 Å². The molecule has 0 unspecified atom stereocenters. The molecule has 0 aliphatic heterocycles. The monoisotopic (exact) mass is 396 g/mol. The van der Waals surface area contributed by atoms with Crippen LogP contribution in [0.2, 0.25) is 0 Å². The van der Waals surface area contributed by atoms with Gasteiger partial charge in [0.1, 0.15) is 11.9 Å². The number of hydrogen-bond donors (Lipinski definition) is 1. The summed E-state index contributed by atoms with van der Waals surface area (Å²) < 4.78 is 14.1. The Labute approximate surface area is 172 Å². The number of aryl methyl sites for hydroxylation is 1. The van der Waals surface area contributed by atoms with Crippen molar-refractivity contribution in [3.63, 3.8) is 0 Å². The van der Waals surface area contributed by atoms with Crippen LogP contribution in [0.4, 0.5) is 4.39 Å². The highest BCUT2D eigenvalue weighted by Gasteiger charge is 2.28. The normalized spacial score (nSPS) is 15.1. The van der Waals surface area contributed by atoms with Crippen LogP contribution < -0.4 is 5.32 Å². The molecule has 3 rings (SSSR count). The molecule has 2 aromatic rings. The van der Waals surface area contributed by atoms with Crippen LogP contribution in [0.15, 0.2) is 48.5 Å². The molecule has 1 aliphatic rings. The Morgan fingerprint density at radius 1 is 1.10 bits per heavy atom. The average Bonchev–Trinajstić information content (AvgIpc) is 3.21. The minimum absolute atomic E-state index is 0.0699. The van der Waals surface area contributed by atoms with Gasteiger partial charge in [0.15, 0.2) is 0 Å². The van der Waals surface area contributed by atoms with E-state index in [1.165, 1.54) is 6.07 Å².